The Labute approximate surface area is 161 Å². The molecule has 0 bridgehead atoms. The first-order chi connectivity index (χ1) is 13.2. The number of para-hydroxylation sites is 1. The lowest BCUT2D eigenvalue weighted by molar-refractivity contribution is 0.0886. The summed E-state index contributed by atoms with van der Waals surface area (Å²) in [6.45, 7) is 10.2. The summed E-state index contributed by atoms with van der Waals surface area (Å²) >= 11 is 0. The maximum absolute atomic E-state index is 14.0. The quantitative estimate of drug-likeness (QED) is 0.808. The molecule has 4 rings (SSSR count). The molecule has 2 aromatic rings. The fourth-order valence-corrected chi connectivity index (χ4v) is 4.43. The average Bonchev–Trinajstić information content (AvgIpc) is 3.16. The van der Waals surface area contributed by atoms with Gasteiger partial charge in [-0.2, -0.15) is 5.10 Å². The number of hydrogen-bond acceptors (Lipinski definition) is 4. The van der Waals surface area contributed by atoms with Gasteiger partial charge in [-0.15, -0.1) is 0 Å². The highest BCUT2D eigenvalue weighted by molar-refractivity contribution is 5.48. The number of hydrogen-bond donors (Lipinski definition) is 0. The van der Waals surface area contributed by atoms with E-state index >= 15 is 0 Å². The SMILES string of the molecule is CCn1cc(CN2CCCC(N3CCN(c4ccccc4F)CC3)C2)cn1. The van der Waals surface area contributed by atoms with Crippen LogP contribution in [0.2, 0.25) is 0 Å². The van der Waals surface area contributed by atoms with Crippen LogP contribution in [0.15, 0.2) is 36.7 Å². The van der Waals surface area contributed by atoms with Crippen LogP contribution in [0.25, 0.3) is 0 Å². The van der Waals surface area contributed by atoms with E-state index in [1.54, 1.807) is 12.1 Å². The Hall–Kier alpha value is -1.92. The van der Waals surface area contributed by atoms with Crippen molar-refractivity contribution < 1.29 is 4.39 Å². The monoisotopic (exact) mass is 371 g/mol. The van der Waals surface area contributed by atoms with E-state index in [0.717, 1.165) is 51.5 Å². The van der Waals surface area contributed by atoms with Crippen LogP contribution in [0.1, 0.15) is 25.3 Å². The molecule has 0 spiro atoms. The molecule has 27 heavy (non-hydrogen) atoms. The zero-order chi connectivity index (χ0) is 18.6. The summed E-state index contributed by atoms with van der Waals surface area (Å²) in [6.07, 6.45) is 6.68. The van der Waals surface area contributed by atoms with Crippen LogP contribution >= 0.6 is 0 Å². The van der Waals surface area contributed by atoms with Crippen molar-refractivity contribution in [2.24, 2.45) is 0 Å². The van der Waals surface area contributed by atoms with Gasteiger partial charge in [-0.25, -0.2) is 4.39 Å². The number of piperazine rings is 1. The molecule has 0 radical (unpaired) electrons. The van der Waals surface area contributed by atoms with E-state index in [0.29, 0.717) is 6.04 Å². The van der Waals surface area contributed by atoms with Gasteiger partial charge in [0.05, 0.1) is 11.9 Å². The number of rotatable bonds is 5. The number of nitrogens with zero attached hydrogens (tertiary/aromatic N) is 5. The molecule has 6 heteroatoms. The molecule has 2 aliphatic rings. The molecular formula is C21H30FN5. The van der Waals surface area contributed by atoms with E-state index in [1.165, 1.54) is 24.9 Å². The molecule has 2 saturated heterocycles. The largest absolute Gasteiger partial charge is 0.367 e. The predicted octanol–water partition coefficient (Wildman–Crippen LogP) is 2.83. The van der Waals surface area contributed by atoms with Crippen LogP contribution in [0.4, 0.5) is 10.1 Å². The fourth-order valence-electron chi connectivity index (χ4n) is 4.43. The highest BCUT2D eigenvalue weighted by Gasteiger charge is 2.28. The summed E-state index contributed by atoms with van der Waals surface area (Å²) in [7, 11) is 0. The van der Waals surface area contributed by atoms with Crippen molar-refractivity contribution in [1.82, 2.24) is 19.6 Å². The molecule has 1 aromatic heterocycles. The topological polar surface area (TPSA) is 27.5 Å². The third kappa shape index (κ3) is 4.33. The van der Waals surface area contributed by atoms with Crippen LogP contribution in [0.3, 0.4) is 0 Å². The van der Waals surface area contributed by atoms with Crippen molar-refractivity contribution in [3.63, 3.8) is 0 Å². The zero-order valence-corrected chi connectivity index (χ0v) is 16.2. The normalized spacial score (nSPS) is 22.3. The minimum atomic E-state index is -0.109. The lowest BCUT2D eigenvalue weighted by Crippen LogP contribution is -2.55. The van der Waals surface area contributed by atoms with Gasteiger partial charge in [0.1, 0.15) is 5.82 Å². The van der Waals surface area contributed by atoms with E-state index in [4.69, 9.17) is 0 Å². The summed E-state index contributed by atoms with van der Waals surface area (Å²) < 4.78 is 16.0. The highest BCUT2D eigenvalue weighted by Crippen LogP contribution is 2.23. The number of halogens is 1. The van der Waals surface area contributed by atoms with Gasteiger partial charge in [0.15, 0.2) is 0 Å². The van der Waals surface area contributed by atoms with Gasteiger partial charge < -0.3 is 4.90 Å². The molecule has 1 aromatic carbocycles. The van der Waals surface area contributed by atoms with Gasteiger partial charge in [0.25, 0.3) is 0 Å². The maximum Gasteiger partial charge on any atom is 0.146 e. The second-order valence-corrected chi connectivity index (χ2v) is 7.71. The zero-order valence-electron chi connectivity index (χ0n) is 16.2. The Morgan fingerprint density at radius 1 is 1.11 bits per heavy atom. The van der Waals surface area contributed by atoms with Crippen molar-refractivity contribution in [3.05, 3.63) is 48.0 Å². The minimum absolute atomic E-state index is 0.109. The first-order valence-electron chi connectivity index (χ1n) is 10.2. The molecule has 3 heterocycles. The second kappa shape index (κ2) is 8.40. The number of aromatic nitrogens is 2. The molecule has 1 unspecified atom stereocenters. The molecular weight excluding hydrogens is 341 g/mol. The minimum Gasteiger partial charge on any atom is -0.367 e. The van der Waals surface area contributed by atoms with Crippen molar-refractivity contribution in [3.8, 4) is 0 Å². The first kappa shape index (κ1) is 18.4. The summed E-state index contributed by atoms with van der Waals surface area (Å²) in [5, 5.41) is 4.40. The summed E-state index contributed by atoms with van der Waals surface area (Å²) in [6, 6.07) is 7.74. The fraction of sp³-hybridized carbons (Fsp3) is 0.571. The maximum atomic E-state index is 14.0. The standard InChI is InChI=1S/C21H30FN5/c1-2-27-16-18(14-23-27)15-24-9-5-6-19(17-24)25-10-12-26(13-11-25)21-8-4-3-7-20(21)22/h3-4,7-8,14,16,19H,2,5-6,9-13,15,17H2,1H3. The molecule has 0 aliphatic carbocycles. The van der Waals surface area contributed by atoms with Crippen molar-refractivity contribution in [2.75, 3.05) is 44.2 Å². The van der Waals surface area contributed by atoms with Crippen LogP contribution in [-0.4, -0.2) is 64.9 Å². The highest BCUT2D eigenvalue weighted by atomic mass is 19.1. The Balaban J connectivity index is 1.31. The lowest BCUT2D eigenvalue weighted by atomic mass is 10.0. The molecule has 2 fully saturated rings. The van der Waals surface area contributed by atoms with Crippen LogP contribution in [0, 0.1) is 5.82 Å². The Morgan fingerprint density at radius 2 is 1.93 bits per heavy atom. The van der Waals surface area contributed by atoms with Gasteiger partial charge in [0.2, 0.25) is 0 Å². The first-order valence-corrected chi connectivity index (χ1v) is 10.2. The lowest BCUT2D eigenvalue weighted by Gasteiger charge is -2.44. The number of likely N-dealkylation sites (tertiary alicyclic amines) is 1. The molecule has 5 nitrogen and oxygen atoms in total. The van der Waals surface area contributed by atoms with Crippen LogP contribution in [-0.2, 0) is 13.1 Å². The van der Waals surface area contributed by atoms with E-state index in [1.807, 2.05) is 23.0 Å². The Bertz CT molecular complexity index is 738. The van der Waals surface area contributed by atoms with E-state index in [9.17, 15) is 4.39 Å². The van der Waals surface area contributed by atoms with E-state index in [2.05, 4.69) is 32.9 Å². The van der Waals surface area contributed by atoms with Gasteiger partial charge in [-0.3, -0.25) is 14.5 Å². The van der Waals surface area contributed by atoms with Gasteiger partial charge in [-0.05, 0) is 38.4 Å². The number of benzene rings is 1. The van der Waals surface area contributed by atoms with Gasteiger partial charge in [-0.1, -0.05) is 12.1 Å². The summed E-state index contributed by atoms with van der Waals surface area (Å²) in [5.41, 5.74) is 2.05. The van der Waals surface area contributed by atoms with Crippen LogP contribution in [0.5, 0.6) is 0 Å². The molecule has 146 valence electrons. The Morgan fingerprint density at radius 3 is 2.67 bits per heavy atom. The van der Waals surface area contributed by atoms with Crippen molar-refractivity contribution in [2.45, 2.75) is 38.9 Å². The number of anilines is 1. The molecule has 1 atom stereocenters. The average molecular weight is 372 g/mol. The Kier molecular flexibility index (Phi) is 5.74. The predicted molar refractivity (Wildman–Crippen MR) is 106 cm³/mol. The van der Waals surface area contributed by atoms with Crippen molar-refractivity contribution >= 4 is 5.69 Å². The molecule has 0 saturated carbocycles. The molecule has 2 aliphatic heterocycles. The van der Waals surface area contributed by atoms with E-state index in [-0.39, 0.29) is 5.82 Å². The summed E-state index contributed by atoms with van der Waals surface area (Å²) in [5.74, 6) is -0.109. The summed E-state index contributed by atoms with van der Waals surface area (Å²) in [4.78, 5) is 7.36. The number of piperidine rings is 1. The van der Waals surface area contributed by atoms with Crippen LogP contribution < -0.4 is 4.90 Å². The smallest absolute Gasteiger partial charge is 0.146 e. The third-order valence-electron chi connectivity index (χ3n) is 5.92. The van der Waals surface area contributed by atoms with E-state index < -0.39 is 0 Å². The van der Waals surface area contributed by atoms with Gasteiger partial charge in [0, 0.05) is 63.6 Å². The third-order valence-corrected chi connectivity index (χ3v) is 5.92. The second-order valence-electron chi connectivity index (χ2n) is 7.71. The van der Waals surface area contributed by atoms with Gasteiger partial charge >= 0.3 is 0 Å². The molecule has 0 N–H and O–H groups in total. The van der Waals surface area contributed by atoms with Crippen molar-refractivity contribution in [1.29, 1.82) is 0 Å². The number of aryl methyl sites for hydroxylation is 1. The molecule has 0 amide bonds.